The lowest BCUT2D eigenvalue weighted by Gasteiger charge is -2.16. The first-order valence-corrected chi connectivity index (χ1v) is 7.29. The summed E-state index contributed by atoms with van der Waals surface area (Å²) in [7, 11) is 0. The normalized spacial score (nSPS) is 14.5. The molecule has 0 spiro atoms. The van der Waals surface area contributed by atoms with Gasteiger partial charge in [-0.25, -0.2) is 8.78 Å². The van der Waals surface area contributed by atoms with E-state index in [2.05, 4.69) is 19.2 Å². The number of nitrogens with zero attached hydrogens (tertiary/aromatic N) is 2. The van der Waals surface area contributed by atoms with Crippen molar-refractivity contribution in [1.29, 1.82) is 0 Å². The van der Waals surface area contributed by atoms with Gasteiger partial charge in [0.1, 0.15) is 0 Å². The van der Waals surface area contributed by atoms with Gasteiger partial charge < -0.3 is 5.32 Å². The quantitative estimate of drug-likeness (QED) is 0.942. The van der Waals surface area contributed by atoms with Crippen LogP contribution in [0.1, 0.15) is 42.3 Å². The Labute approximate surface area is 123 Å². The van der Waals surface area contributed by atoms with Gasteiger partial charge in [0.05, 0.1) is 12.2 Å². The smallest absolute Gasteiger partial charge is 0.159 e. The minimum Gasteiger partial charge on any atom is -0.312 e. The zero-order valence-corrected chi connectivity index (χ0v) is 12.3. The molecule has 1 aliphatic rings. The van der Waals surface area contributed by atoms with Crippen LogP contribution in [0, 0.1) is 11.6 Å². The van der Waals surface area contributed by atoms with E-state index in [4.69, 9.17) is 5.10 Å². The molecule has 0 aliphatic carbocycles. The van der Waals surface area contributed by atoms with E-state index < -0.39 is 11.6 Å². The average molecular weight is 291 g/mol. The van der Waals surface area contributed by atoms with Gasteiger partial charge in [-0.1, -0.05) is 19.9 Å². The van der Waals surface area contributed by atoms with E-state index in [1.807, 2.05) is 4.68 Å². The van der Waals surface area contributed by atoms with E-state index >= 15 is 0 Å². The summed E-state index contributed by atoms with van der Waals surface area (Å²) in [4.78, 5) is 0. The summed E-state index contributed by atoms with van der Waals surface area (Å²) in [6.45, 7) is 6.49. The molecule has 1 aliphatic heterocycles. The van der Waals surface area contributed by atoms with Crippen LogP contribution in [0.4, 0.5) is 8.78 Å². The van der Waals surface area contributed by atoms with Gasteiger partial charge in [0.15, 0.2) is 11.6 Å². The Hall–Kier alpha value is -1.75. The zero-order chi connectivity index (χ0) is 15.0. The van der Waals surface area contributed by atoms with E-state index in [9.17, 15) is 8.78 Å². The lowest BCUT2D eigenvalue weighted by molar-refractivity contribution is 0.505. The summed E-state index contributed by atoms with van der Waals surface area (Å²) in [5.74, 6) is -1.27. The Bertz CT molecular complexity index is 662. The molecular weight excluding hydrogens is 272 g/mol. The molecule has 0 fully saturated rings. The maximum atomic E-state index is 13.3. The van der Waals surface area contributed by atoms with Crippen LogP contribution in [0.5, 0.6) is 0 Å². The lowest BCUT2D eigenvalue weighted by atomic mass is 10.0. The first-order chi connectivity index (χ1) is 10.1. The third-order valence-corrected chi connectivity index (χ3v) is 3.90. The van der Waals surface area contributed by atoms with E-state index in [1.165, 1.54) is 23.4 Å². The first kappa shape index (κ1) is 14.2. The second kappa shape index (κ2) is 5.56. The number of aromatic nitrogens is 2. The molecule has 1 aromatic carbocycles. The molecule has 21 heavy (non-hydrogen) atoms. The minimum atomic E-state index is -0.812. The Morgan fingerprint density at radius 1 is 1.29 bits per heavy atom. The van der Waals surface area contributed by atoms with Crippen molar-refractivity contribution in [2.45, 2.75) is 39.3 Å². The van der Waals surface area contributed by atoms with Crippen molar-refractivity contribution in [1.82, 2.24) is 15.1 Å². The van der Waals surface area contributed by atoms with Gasteiger partial charge in [-0.15, -0.1) is 0 Å². The molecule has 5 heteroatoms. The molecule has 1 aromatic heterocycles. The third-order valence-electron chi connectivity index (χ3n) is 3.90. The van der Waals surface area contributed by atoms with Crippen LogP contribution in [0.3, 0.4) is 0 Å². The van der Waals surface area contributed by atoms with Crippen molar-refractivity contribution in [3.05, 3.63) is 52.3 Å². The molecule has 0 saturated carbocycles. The van der Waals surface area contributed by atoms with Crippen molar-refractivity contribution < 1.29 is 8.78 Å². The van der Waals surface area contributed by atoms with E-state index in [-0.39, 0.29) is 0 Å². The monoisotopic (exact) mass is 291 g/mol. The van der Waals surface area contributed by atoms with Crippen molar-refractivity contribution >= 4 is 0 Å². The van der Waals surface area contributed by atoms with Crippen LogP contribution in [0.25, 0.3) is 0 Å². The van der Waals surface area contributed by atoms with Gasteiger partial charge in [-0.2, -0.15) is 5.10 Å². The van der Waals surface area contributed by atoms with Crippen molar-refractivity contribution in [3.8, 4) is 0 Å². The van der Waals surface area contributed by atoms with Crippen molar-refractivity contribution in [3.63, 3.8) is 0 Å². The number of hydrogen-bond donors (Lipinski definition) is 1. The average Bonchev–Trinajstić information content (AvgIpc) is 2.82. The fourth-order valence-electron chi connectivity index (χ4n) is 2.85. The number of nitrogens with one attached hydrogen (secondary N) is 1. The summed E-state index contributed by atoms with van der Waals surface area (Å²) in [5, 5.41) is 8.07. The molecular formula is C16H19F2N3. The number of benzene rings is 1. The number of hydrogen-bond acceptors (Lipinski definition) is 2. The van der Waals surface area contributed by atoms with Crippen LogP contribution >= 0.6 is 0 Å². The maximum Gasteiger partial charge on any atom is 0.159 e. The largest absolute Gasteiger partial charge is 0.312 e. The molecule has 2 heterocycles. The summed E-state index contributed by atoms with van der Waals surface area (Å²) in [6.07, 6.45) is 0.915. The SMILES string of the molecule is CC(C)c1nn(Cc2ccc(F)c(F)c2)c2c1CNCC2. The van der Waals surface area contributed by atoms with E-state index in [1.54, 1.807) is 6.07 Å². The van der Waals surface area contributed by atoms with Crippen LogP contribution in [0.2, 0.25) is 0 Å². The first-order valence-electron chi connectivity index (χ1n) is 7.29. The van der Waals surface area contributed by atoms with Crippen LogP contribution in [-0.4, -0.2) is 16.3 Å². The van der Waals surface area contributed by atoms with Gasteiger partial charge in [0, 0.05) is 30.8 Å². The minimum absolute atomic E-state index is 0.352. The molecule has 0 amide bonds. The predicted molar refractivity (Wildman–Crippen MR) is 77.2 cm³/mol. The molecule has 112 valence electrons. The lowest BCUT2D eigenvalue weighted by Crippen LogP contribution is -2.25. The van der Waals surface area contributed by atoms with Gasteiger partial charge in [0.25, 0.3) is 0 Å². The van der Waals surface area contributed by atoms with Gasteiger partial charge in [0.2, 0.25) is 0 Å². The standard InChI is InChI=1S/C16H19F2N3/c1-10(2)16-12-8-19-6-5-15(12)21(20-16)9-11-3-4-13(17)14(18)7-11/h3-4,7,10,19H,5-6,8-9H2,1-2H3. The Morgan fingerprint density at radius 2 is 2.10 bits per heavy atom. The maximum absolute atomic E-state index is 13.3. The summed E-state index contributed by atoms with van der Waals surface area (Å²) in [5.41, 5.74) is 4.30. The van der Waals surface area contributed by atoms with Crippen molar-refractivity contribution in [2.24, 2.45) is 0 Å². The third kappa shape index (κ3) is 2.70. The summed E-state index contributed by atoms with van der Waals surface area (Å²) < 4.78 is 28.3. The molecule has 0 atom stereocenters. The molecule has 0 radical (unpaired) electrons. The molecule has 3 nitrogen and oxygen atoms in total. The molecule has 3 rings (SSSR count). The van der Waals surface area contributed by atoms with Gasteiger partial charge in [-0.3, -0.25) is 4.68 Å². The van der Waals surface area contributed by atoms with Crippen molar-refractivity contribution in [2.75, 3.05) is 6.54 Å². The Balaban J connectivity index is 1.96. The van der Waals surface area contributed by atoms with E-state index in [0.717, 1.165) is 30.8 Å². The highest BCUT2D eigenvalue weighted by molar-refractivity contribution is 5.31. The van der Waals surface area contributed by atoms with Gasteiger partial charge >= 0.3 is 0 Å². The summed E-state index contributed by atoms with van der Waals surface area (Å²) in [6, 6.07) is 4.04. The fraction of sp³-hybridized carbons (Fsp3) is 0.438. The highest BCUT2D eigenvalue weighted by Gasteiger charge is 2.22. The van der Waals surface area contributed by atoms with Crippen LogP contribution in [-0.2, 0) is 19.5 Å². The van der Waals surface area contributed by atoms with Crippen LogP contribution < -0.4 is 5.32 Å². The zero-order valence-electron chi connectivity index (χ0n) is 12.3. The highest BCUT2D eigenvalue weighted by Crippen LogP contribution is 2.25. The number of halogens is 2. The highest BCUT2D eigenvalue weighted by atomic mass is 19.2. The molecule has 0 saturated heterocycles. The summed E-state index contributed by atoms with van der Waals surface area (Å²) >= 11 is 0. The van der Waals surface area contributed by atoms with Crippen LogP contribution in [0.15, 0.2) is 18.2 Å². The topological polar surface area (TPSA) is 29.9 Å². The number of fused-ring (bicyclic) bond motifs is 1. The molecule has 0 bridgehead atoms. The van der Waals surface area contributed by atoms with Gasteiger partial charge in [-0.05, 0) is 23.6 Å². The Morgan fingerprint density at radius 3 is 2.81 bits per heavy atom. The molecule has 0 unspecified atom stereocenters. The second-order valence-electron chi connectivity index (χ2n) is 5.80. The number of rotatable bonds is 3. The predicted octanol–water partition coefficient (Wildman–Crippen LogP) is 2.98. The van der Waals surface area contributed by atoms with E-state index in [0.29, 0.717) is 12.5 Å². The fourth-order valence-corrected chi connectivity index (χ4v) is 2.85. The Kier molecular flexibility index (Phi) is 3.76. The molecule has 1 N–H and O–H groups in total. The second-order valence-corrected chi connectivity index (χ2v) is 5.80. The molecule has 2 aromatic rings.